The number of amides is 1. The molecule has 1 amide bonds. The lowest BCUT2D eigenvalue weighted by atomic mass is 9.87. The monoisotopic (exact) mass is 801 g/mol. The van der Waals surface area contributed by atoms with Gasteiger partial charge in [0.1, 0.15) is 33.9 Å². The molecule has 3 aromatic rings. The Balaban J connectivity index is 1.40. The lowest BCUT2D eigenvalue weighted by Crippen LogP contribution is -2.47. The van der Waals surface area contributed by atoms with Crippen LogP contribution in [0.2, 0.25) is 0 Å². The fraction of sp³-hybridized carbons (Fsp3) is 0.600. The molecule has 57 heavy (non-hydrogen) atoms. The Bertz CT molecular complexity index is 2020. The Hall–Kier alpha value is -4.32. The highest BCUT2D eigenvalue weighted by Gasteiger charge is 2.62. The van der Waals surface area contributed by atoms with Crippen LogP contribution in [0.25, 0.3) is 21.6 Å². The number of hydrogen-bond acceptors (Lipinski definition) is 11. The Labute approximate surface area is 340 Å². The van der Waals surface area contributed by atoms with Crippen molar-refractivity contribution in [3.05, 3.63) is 47.0 Å². The minimum atomic E-state index is -0.970. The summed E-state index contributed by atoms with van der Waals surface area (Å²) in [5.74, 6) is -1.05. The third kappa shape index (κ3) is 9.21. The number of allylic oxidation sites excluding steroid dienone is 2. The van der Waals surface area contributed by atoms with Crippen molar-refractivity contribution in [1.82, 2.24) is 14.9 Å². The number of carbonyl (C=O) groups is 4. The lowest BCUT2D eigenvalue weighted by molar-refractivity contribution is -0.159. The summed E-state index contributed by atoms with van der Waals surface area (Å²) in [6.45, 7) is 15.6. The number of ether oxygens (including phenoxy) is 4. The first-order valence-corrected chi connectivity index (χ1v) is 21.4. The van der Waals surface area contributed by atoms with Gasteiger partial charge >= 0.3 is 11.9 Å². The average molecular weight is 802 g/mol. The summed E-state index contributed by atoms with van der Waals surface area (Å²) < 4.78 is 23.9. The fourth-order valence-corrected chi connectivity index (χ4v) is 9.39. The van der Waals surface area contributed by atoms with E-state index in [0.717, 1.165) is 47.3 Å². The molecule has 1 saturated heterocycles. The number of fused-ring (bicyclic) bond motifs is 3. The number of rotatable bonds is 9. The number of benzene rings is 1. The van der Waals surface area contributed by atoms with Crippen molar-refractivity contribution in [2.75, 3.05) is 20.3 Å². The number of nitrogens with zero attached hydrogens (tertiary/aromatic N) is 3. The quantitative estimate of drug-likeness (QED) is 0.153. The van der Waals surface area contributed by atoms with Gasteiger partial charge in [0.25, 0.3) is 0 Å². The van der Waals surface area contributed by atoms with Crippen molar-refractivity contribution in [3.8, 4) is 22.2 Å². The summed E-state index contributed by atoms with van der Waals surface area (Å²) in [4.78, 5) is 68.0. The van der Waals surface area contributed by atoms with Gasteiger partial charge in [-0.05, 0) is 84.3 Å². The molecule has 0 N–H and O–H groups in total. The highest BCUT2D eigenvalue weighted by atomic mass is 32.1. The molecule has 1 saturated carbocycles. The van der Waals surface area contributed by atoms with Crippen molar-refractivity contribution < 1.29 is 38.1 Å². The van der Waals surface area contributed by atoms with Gasteiger partial charge < -0.3 is 23.8 Å². The second-order valence-corrected chi connectivity index (χ2v) is 18.2. The van der Waals surface area contributed by atoms with Crippen LogP contribution in [0.1, 0.15) is 117 Å². The highest BCUT2D eigenvalue weighted by Crippen LogP contribution is 2.58. The molecule has 0 unspecified atom stereocenters. The van der Waals surface area contributed by atoms with E-state index in [1.165, 1.54) is 11.3 Å². The third-order valence-corrected chi connectivity index (χ3v) is 12.6. The van der Waals surface area contributed by atoms with Crippen LogP contribution < -0.4 is 9.47 Å². The number of hydrogen-bond donors (Lipinski definition) is 0. The molecule has 6 rings (SSSR count). The van der Waals surface area contributed by atoms with E-state index < -0.39 is 41.0 Å². The zero-order chi connectivity index (χ0) is 41.2. The number of ketones is 1. The van der Waals surface area contributed by atoms with Crippen LogP contribution in [0.4, 0.5) is 0 Å². The number of methoxy groups -OCH3 is 1. The number of Topliss-reactive ketones (excluding diaryl/α,β-unsaturated/α-hetero) is 1. The fourth-order valence-electron chi connectivity index (χ4n) is 8.45. The van der Waals surface area contributed by atoms with Crippen molar-refractivity contribution >= 4 is 45.9 Å². The molecule has 1 aliphatic carbocycles. The molecule has 2 aliphatic heterocycles. The van der Waals surface area contributed by atoms with Crippen LogP contribution in [0.15, 0.2) is 35.7 Å². The van der Waals surface area contributed by atoms with Gasteiger partial charge in [-0.2, -0.15) is 0 Å². The number of pyridine rings is 1. The molecule has 0 bridgehead atoms. The van der Waals surface area contributed by atoms with Crippen molar-refractivity contribution in [1.29, 1.82) is 0 Å². The van der Waals surface area contributed by atoms with Gasteiger partial charge in [-0.3, -0.25) is 19.2 Å². The first-order chi connectivity index (χ1) is 27.1. The molecule has 3 aliphatic rings. The van der Waals surface area contributed by atoms with Gasteiger partial charge in [-0.25, -0.2) is 9.97 Å². The number of thiazole rings is 1. The maximum Gasteiger partial charge on any atom is 0.313 e. The van der Waals surface area contributed by atoms with E-state index in [1.807, 2.05) is 58.2 Å². The first-order valence-electron chi connectivity index (χ1n) is 20.6. The summed E-state index contributed by atoms with van der Waals surface area (Å²) in [7, 11) is 1.63. The summed E-state index contributed by atoms with van der Waals surface area (Å²) in [6.07, 6.45) is 7.81. The van der Waals surface area contributed by atoms with Crippen LogP contribution in [0, 0.1) is 30.1 Å². The van der Waals surface area contributed by atoms with Crippen molar-refractivity contribution in [3.63, 3.8) is 0 Å². The van der Waals surface area contributed by atoms with E-state index in [2.05, 4.69) is 26.0 Å². The largest absolute Gasteiger partial charge is 0.496 e. The summed E-state index contributed by atoms with van der Waals surface area (Å²) in [6, 6.07) is 4.82. The van der Waals surface area contributed by atoms with Gasteiger partial charge in [-0.15, -0.1) is 11.3 Å². The molecule has 1 aromatic carbocycles. The molecule has 6 atom stereocenters. The smallest absolute Gasteiger partial charge is 0.313 e. The van der Waals surface area contributed by atoms with Crippen LogP contribution in [-0.4, -0.2) is 76.5 Å². The number of esters is 2. The molecule has 12 heteroatoms. The number of aromatic nitrogens is 2. The maximum atomic E-state index is 14.9. The summed E-state index contributed by atoms with van der Waals surface area (Å²) in [5.41, 5.74) is 1.50. The van der Waals surface area contributed by atoms with Gasteiger partial charge in [0, 0.05) is 40.7 Å². The number of carbonyl (C=O) groups excluding carboxylic acids is 4. The van der Waals surface area contributed by atoms with Gasteiger partial charge in [0.15, 0.2) is 5.78 Å². The Morgan fingerprint density at radius 1 is 1.09 bits per heavy atom. The minimum Gasteiger partial charge on any atom is -0.496 e. The van der Waals surface area contributed by atoms with Gasteiger partial charge in [-0.1, -0.05) is 45.8 Å². The molecule has 11 nitrogen and oxygen atoms in total. The standard InChI is InChI=1S/C45H59N3O8S/c1-10-54-43(52)45-22-30(45)17-15-13-11-12-14-16-29(20-38(50)56-44(6,7)8)42(51)48-24-37(28(5)40(48)34(49)23-45)55-36-21-32(41-47-33(25-57-41)26(2)3)46-39-27(4)35(53-9)19-18-31(36)39/h15,17-19,21,25-26,28-30,37,40H,10-14,16,20,22-24H2,1-9H3/b17-15-/t28-,29-,30-,37+,40+,45-/m1/s1. The van der Waals surface area contributed by atoms with E-state index in [0.29, 0.717) is 35.6 Å². The van der Waals surface area contributed by atoms with Crippen LogP contribution in [0.3, 0.4) is 0 Å². The molecule has 2 fully saturated rings. The summed E-state index contributed by atoms with van der Waals surface area (Å²) >= 11 is 1.52. The van der Waals surface area contributed by atoms with Crippen LogP contribution in [0.5, 0.6) is 11.5 Å². The zero-order valence-electron chi connectivity index (χ0n) is 35.0. The second-order valence-electron chi connectivity index (χ2n) is 17.4. The highest BCUT2D eigenvalue weighted by molar-refractivity contribution is 7.13. The molecule has 0 radical (unpaired) electrons. The second kappa shape index (κ2) is 17.3. The van der Waals surface area contributed by atoms with Gasteiger partial charge in [0.05, 0.1) is 49.3 Å². The summed E-state index contributed by atoms with van der Waals surface area (Å²) in [5, 5.41) is 3.57. The first kappa shape index (κ1) is 42.3. The molecule has 4 heterocycles. The van der Waals surface area contributed by atoms with Gasteiger partial charge in [0.2, 0.25) is 5.91 Å². The maximum absolute atomic E-state index is 14.9. The third-order valence-electron chi connectivity index (χ3n) is 11.7. The molecule has 2 aromatic heterocycles. The molecular formula is C45H59N3O8S. The van der Waals surface area contributed by atoms with E-state index in [4.69, 9.17) is 28.9 Å². The van der Waals surface area contributed by atoms with Crippen LogP contribution >= 0.6 is 11.3 Å². The van der Waals surface area contributed by atoms with E-state index >= 15 is 0 Å². The molecule has 308 valence electrons. The Morgan fingerprint density at radius 3 is 2.54 bits per heavy atom. The normalized spacial score (nSPS) is 26.3. The zero-order valence-corrected chi connectivity index (χ0v) is 35.8. The van der Waals surface area contributed by atoms with E-state index in [-0.39, 0.29) is 55.5 Å². The molecular weight excluding hydrogens is 743 g/mol. The van der Waals surface area contributed by atoms with Crippen molar-refractivity contribution in [2.24, 2.45) is 23.2 Å². The topological polar surface area (TPSA) is 134 Å². The predicted octanol–water partition coefficient (Wildman–Crippen LogP) is 8.79. The Kier molecular flexibility index (Phi) is 12.8. The minimum absolute atomic E-state index is 0.0490. The Morgan fingerprint density at radius 2 is 1.86 bits per heavy atom. The van der Waals surface area contributed by atoms with E-state index in [9.17, 15) is 19.2 Å². The van der Waals surface area contributed by atoms with E-state index in [1.54, 1.807) is 18.9 Å². The lowest BCUT2D eigenvalue weighted by Gasteiger charge is -2.30. The number of aryl methyl sites for hydroxylation is 1. The molecule has 0 spiro atoms. The predicted molar refractivity (Wildman–Crippen MR) is 220 cm³/mol. The van der Waals surface area contributed by atoms with Crippen molar-refractivity contribution in [2.45, 2.75) is 130 Å². The SMILES string of the molecule is CCOC(=O)[C@]12CC(=O)[C@@H]3[C@H](C)[C@@H](Oc4cc(-c5nc(C(C)C)cs5)nc5c(C)c(OC)ccc45)CN3C(=O)[C@@H](CC(=O)OC(C)(C)C)CCCCC/C=C\[C@@H]1C2. The van der Waals surface area contributed by atoms with Crippen LogP contribution in [-0.2, 0) is 28.7 Å². The average Bonchev–Trinajstić information content (AvgIpc) is 3.44.